The number of carbonyl (C=O) groups excluding carboxylic acids is 2. The molecule has 1 rings (SSSR count). The summed E-state index contributed by atoms with van der Waals surface area (Å²) in [6.07, 6.45) is 2.77. The Bertz CT molecular complexity index is 178. The second-order valence-corrected chi connectivity index (χ2v) is 3.59. The van der Waals surface area contributed by atoms with Gasteiger partial charge in [0.2, 0.25) is 5.78 Å². The lowest BCUT2D eigenvalue weighted by atomic mass is 10.0. The summed E-state index contributed by atoms with van der Waals surface area (Å²) in [6.45, 7) is 3.54. The molecule has 1 aliphatic rings. The zero-order valence-corrected chi connectivity index (χ0v) is 7.09. The van der Waals surface area contributed by atoms with E-state index in [0.717, 1.165) is 12.8 Å². The third kappa shape index (κ3) is 2.45. The molecular formula is C9H14O2. The maximum absolute atomic E-state index is 11.1. The van der Waals surface area contributed by atoms with Gasteiger partial charge in [0.05, 0.1) is 0 Å². The van der Waals surface area contributed by atoms with Crippen molar-refractivity contribution in [2.45, 2.75) is 33.1 Å². The largest absolute Gasteiger partial charge is 0.291 e. The number of carbonyl (C=O) groups is 2. The van der Waals surface area contributed by atoms with Gasteiger partial charge in [0.25, 0.3) is 0 Å². The van der Waals surface area contributed by atoms with Gasteiger partial charge in [-0.25, -0.2) is 0 Å². The Balaban J connectivity index is 2.33. The minimum Gasteiger partial charge on any atom is -0.291 e. The van der Waals surface area contributed by atoms with E-state index < -0.39 is 0 Å². The highest BCUT2D eigenvalue weighted by Gasteiger charge is 2.28. The molecule has 0 heterocycles. The van der Waals surface area contributed by atoms with E-state index in [1.807, 2.05) is 0 Å². The van der Waals surface area contributed by atoms with Gasteiger partial charge in [-0.15, -0.1) is 0 Å². The third-order valence-electron chi connectivity index (χ3n) is 1.97. The molecule has 0 amide bonds. The van der Waals surface area contributed by atoms with Crippen molar-refractivity contribution >= 4 is 11.6 Å². The molecule has 1 fully saturated rings. The van der Waals surface area contributed by atoms with E-state index in [9.17, 15) is 9.59 Å². The number of Topliss-reactive ketones (excluding diaryl/α,β-unsaturated/α-hetero) is 2. The predicted molar refractivity (Wildman–Crippen MR) is 42.2 cm³/mol. The highest BCUT2D eigenvalue weighted by atomic mass is 16.2. The first-order valence-electron chi connectivity index (χ1n) is 4.18. The first-order valence-corrected chi connectivity index (χ1v) is 4.18. The molecule has 2 heteroatoms. The average molecular weight is 154 g/mol. The van der Waals surface area contributed by atoms with E-state index in [4.69, 9.17) is 0 Å². The van der Waals surface area contributed by atoms with Crippen LogP contribution >= 0.6 is 0 Å². The highest BCUT2D eigenvalue weighted by Crippen LogP contribution is 2.32. The number of hydrogen-bond acceptors (Lipinski definition) is 2. The Morgan fingerprint density at radius 1 is 1.36 bits per heavy atom. The fourth-order valence-corrected chi connectivity index (χ4v) is 1.01. The van der Waals surface area contributed by atoms with Crippen LogP contribution in [0.25, 0.3) is 0 Å². The van der Waals surface area contributed by atoms with Crippen molar-refractivity contribution in [2.24, 2.45) is 11.8 Å². The second kappa shape index (κ2) is 3.16. The van der Waals surface area contributed by atoms with Gasteiger partial charge in [-0.05, 0) is 18.8 Å². The molecule has 0 atom stereocenters. The van der Waals surface area contributed by atoms with Crippen molar-refractivity contribution in [2.75, 3.05) is 0 Å². The molecule has 0 spiro atoms. The molecule has 0 saturated heterocycles. The van der Waals surface area contributed by atoms with Crippen LogP contribution in [0.4, 0.5) is 0 Å². The van der Waals surface area contributed by atoms with Gasteiger partial charge >= 0.3 is 0 Å². The Labute approximate surface area is 67.0 Å². The quantitative estimate of drug-likeness (QED) is 0.576. The lowest BCUT2D eigenvalue weighted by Crippen LogP contribution is -2.19. The van der Waals surface area contributed by atoms with Gasteiger partial charge in [0.1, 0.15) is 0 Å². The zero-order chi connectivity index (χ0) is 8.43. The van der Waals surface area contributed by atoms with Crippen LogP contribution in [0.3, 0.4) is 0 Å². The topological polar surface area (TPSA) is 34.1 Å². The summed E-state index contributed by atoms with van der Waals surface area (Å²) in [5.74, 6) is 0.0471. The number of hydrogen-bond donors (Lipinski definition) is 0. The van der Waals surface area contributed by atoms with Gasteiger partial charge in [-0.1, -0.05) is 13.8 Å². The lowest BCUT2D eigenvalue weighted by molar-refractivity contribution is -0.138. The second-order valence-electron chi connectivity index (χ2n) is 3.59. The number of rotatable bonds is 4. The van der Waals surface area contributed by atoms with E-state index >= 15 is 0 Å². The lowest BCUT2D eigenvalue weighted by Gasteiger charge is -2.00. The van der Waals surface area contributed by atoms with Gasteiger partial charge in [-0.2, -0.15) is 0 Å². The minimum absolute atomic E-state index is 0.124. The van der Waals surface area contributed by atoms with E-state index in [2.05, 4.69) is 0 Å². The third-order valence-corrected chi connectivity index (χ3v) is 1.97. The summed E-state index contributed by atoms with van der Waals surface area (Å²) < 4.78 is 0. The fraction of sp³-hybridized carbons (Fsp3) is 0.778. The van der Waals surface area contributed by atoms with Gasteiger partial charge in [-0.3, -0.25) is 9.59 Å². The summed E-state index contributed by atoms with van der Waals surface area (Å²) in [5, 5.41) is 0. The molecule has 0 bridgehead atoms. The van der Waals surface area contributed by atoms with Crippen molar-refractivity contribution in [1.29, 1.82) is 0 Å². The van der Waals surface area contributed by atoms with Gasteiger partial charge < -0.3 is 0 Å². The van der Waals surface area contributed by atoms with Crippen LogP contribution in [0.1, 0.15) is 33.1 Å². The summed E-state index contributed by atoms with van der Waals surface area (Å²) in [5.41, 5.74) is 0. The van der Waals surface area contributed by atoms with Crippen LogP contribution < -0.4 is 0 Å². The summed E-state index contributed by atoms with van der Waals surface area (Å²) in [6, 6.07) is 0. The van der Waals surface area contributed by atoms with Crippen LogP contribution in [0.15, 0.2) is 0 Å². The van der Waals surface area contributed by atoms with Crippen molar-refractivity contribution in [1.82, 2.24) is 0 Å². The monoisotopic (exact) mass is 154 g/mol. The Hall–Kier alpha value is -0.660. The molecule has 0 aromatic carbocycles. The van der Waals surface area contributed by atoms with Gasteiger partial charge in [0.15, 0.2) is 5.78 Å². The molecule has 0 aromatic heterocycles. The van der Waals surface area contributed by atoms with Crippen LogP contribution in [0.2, 0.25) is 0 Å². The molecule has 0 radical (unpaired) electrons. The highest BCUT2D eigenvalue weighted by molar-refractivity contribution is 6.37. The Kier molecular flexibility index (Phi) is 2.42. The molecule has 2 nitrogen and oxygen atoms in total. The molecule has 0 aromatic rings. The molecule has 11 heavy (non-hydrogen) atoms. The number of ketones is 2. The van der Waals surface area contributed by atoms with E-state index in [1.54, 1.807) is 13.8 Å². The summed E-state index contributed by atoms with van der Waals surface area (Å²) >= 11 is 0. The first-order chi connectivity index (χ1) is 5.11. The molecule has 1 saturated carbocycles. The first kappa shape index (κ1) is 8.44. The van der Waals surface area contributed by atoms with Crippen molar-refractivity contribution in [3.8, 4) is 0 Å². The summed E-state index contributed by atoms with van der Waals surface area (Å²) in [7, 11) is 0. The molecule has 0 aliphatic heterocycles. The molecule has 0 N–H and O–H groups in total. The van der Waals surface area contributed by atoms with E-state index in [0.29, 0.717) is 12.3 Å². The minimum atomic E-state index is -0.197. The van der Waals surface area contributed by atoms with Crippen molar-refractivity contribution in [3.05, 3.63) is 0 Å². The van der Waals surface area contributed by atoms with Crippen LogP contribution in [-0.4, -0.2) is 11.6 Å². The molecule has 62 valence electrons. The van der Waals surface area contributed by atoms with E-state index in [1.165, 1.54) is 0 Å². The maximum Gasteiger partial charge on any atom is 0.200 e. The van der Waals surface area contributed by atoms with Gasteiger partial charge in [0, 0.05) is 12.3 Å². The van der Waals surface area contributed by atoms with E-state index in [-0.39, 0.29) is 17.5 Å². The molecule has 0 unspecified atom stereocenters. The average Bonchev–Trinajstić information content (AvgIpc) is 2.69. The Morgan fingerprint density at radius 2 is 1.91 bits per heavy atom. The normalized spacial score (nSPS) is 17.0. The fourth-order valence-electron chi connectivity index (χ4n) is 1.01. The smallest absolute Gasteiger partial charge is 0.200 e. The van der Waals surface area contributed by atoms with Crippen LogP contribution in [0, 0.1) is 11.8 Å². The van der Waals surface area contributed by atoms with Crippen molar-refractivity contribution < 1.29 is 9.59 Å². The SMILES string of the molecule is CC(C)C(=O)C(=O)CC1CC1. The summed E-state index contributed by atoms with van der Waals surface area (Å²) in [4.78, 5) is 22.1. The molecule has 1 aliphatic carbocycles. The predicted octanol–water partition coefficient (Wildman–Crippen LogP) is 1.58. The zero-order valence-electron chi connectivity index (χ0n) is 7.09. The molecular weight excluding hydrogens is 140 g/mol. The van der Waals surface area contributed by atoms with Crippen molar-refractivity contribution in [3.63, 3.8) is 0 Å². The van der Waals surface area contributed by atoms with Crippen LogP contribution in [-0.2, 0) is 9.59 Å². The maximum atomic E-state index is 11.1. The standard InChI is InChI=1S/C9H14O2/c1-6(2)9(11)8(10)5-7-3-4-7/h6-7H,3-5H2,1-2H3. The Morgan fingerprint density at radius 3 is 2.27 bits per heavy atom. The van der Waals surface area contributed by atoms with Crippen LogP contribution in [0.5, 0.6) is 0 Å².